The van der Waals surface area contributed by atoms with E-state index in [2.05, 4.69) is 6.07 Å². The highest BCUT2D eigenvalue weighted by Gasteiger charge is 2.26. The summed E-state index contributed by atoms with van der Waals surface area (Å²) < 4.78 is 5.46. The lowest BCUT2D eigenvalue weighted by molar-refractivity contribution is 0.102. The van der Waals surface area contributed by atoms with Gasteiger partial charge in [0.15, 0.2) is 0 Å². The minimum Gasteiger partial charge on any atom is -0.494 e. The Morgan fingerprint density at radius 3 is 2.45 bits per heavy atom. The number of benzene rings is 2. The van der Waals surface area contributed by atoms with Crippen LogP contribution in [0.2, 0.25) is 0 Å². The summed E-state index contributed by atoms with van der Waals surface area (Å²) in [5, 5.41) is 19.8. The molecule has 0 bridgehead atoms. The largest absolute Gasteiger partial charge is 0.494 e. The molecule has 3 nitrogen and oxygen atoms in total. The number of ether oxygens (including phenoxy) is 1. The van der Waals surface area contributed by atoms with Crippen LogP contribution in [0, 0.1) is 11.3 Å². The van der Waals surface area contributed by atoms with Gasteiger partial charge < -0.3 is 9.84 Å². The van der Waals surface area contributed by atoms with Crippen molar-refractivity contribution in [3.05, 3.63) is 65.2 Å². The first kappa shape index (κ1) is 14.1. The summed E-state index contributed by atoms with van der Waals surface area (Å²) in [6.45, 7) is 4.21. The standard InChI is InChI=1S/C17H17NO2/c1-3-20-16-9-5-8-15(11-16)17(2,19)14-7-4-6-13(10-14)12-18/h4-11,19H,3H2,1-2H3. The normalized spacial score (nSPS) is 13.3. The maximum atomic E-state index is 10.8. The number of hydrogen-bond donors (Lipinski definition) is 1. The summed E-state index contributed by atoms with van der Waals surface area (Å²) in [6, 6.07) is 16.5. The Morgan fingerprint density at radius 2 is 1.80 bits per heavy atom. The van der Waals surface area contributed by atoms with Gasteiger partial charge in [0.05, 0.1) is 18.2 Å². The Labute approximate surface area is 119 Å². The van der Waals surface area contributed by atoms with E-state index in [0.717, 1.165) is 11.3 Å². The van der Waals surface area contributed by atoms with Gasteiger partial charge in [-0.2, -0.15) is 5.26 Å². The minimum atomic E-state index is -1.17. The van der Waals surface area contributed by atoms with Crippen LogP contribution in [-0.4, -0.2) is 11.7 Å². The van der Waals surface area contributed by atoms with Crippen molar-refractivity contribution in [1.82, 2.24) is 0 Å². The fraction of sp³-hybridized carbons (Fsp3) is 0.235. The van der Waals surface area contributed by atoms with Gasteiger partial charge in [-0.1, -0.05) is 24.3 Å². The zero-order valence-corrected chi connectivity index (χ0v) is 11.6. The van der Waals surface area contributed by atoms with E-state index in [9.17, 15) is 5.11 Å². The lowest BCUT2D eigenvalue weighted by atomic mass is 9.87. The molecule has 3 heteroatoms. The van der Waals surface area contributed by atoms with Gasteiger partial charge in [-0.05, 0) is 49.2 Å². The van der Waals surface area contributed by atoms with Gasteiger partial charge in [0, 0.05) is 0 Å². The van der Waals surface area contributed by atoms with Crippen LogP contribution in [-0.2, 0) is 5.60 Å². The van der Waals surface area contributed by atoms with Crippen molar-refractivity contribution in [3.63, 3.8) is 0 Å². The molecule has 0 aliphatic heterocycles. The van der Waals surface area contributed by atoms with E-state index >= 15 is 0 Å². The monoisotopic (exact) mass is 267 g/mol. The highest BCUT2D eigenvalue weighted by molar-refractivity contribution is 5.42. The van der Waals surface area contributed by atoms with E-state index in [-0.39, 0.29) is 0 Å². The summed E-state index contributed by atoms with van der Waals surface area (Å²) in [5.41, 5.74) is 0.785. The summed E-state index contributed by atoms with van der Waals surface area (Å²) in [4.78, 5) is 0. The lowest BCUT2D eigenvalue weighted by Crippen LogP contribution is -2.22. The number of hydrogen-bond acceptors (Lipinski definition) is 3. The van der Waals surface area contributed by atoms with E-state index in [1.807, 2.05) is 37.3 Å². The summed E-state index contributed by atoms with van der Waals surface area (Å²) >= 11 is 0. The van der Waals surface area contributed by atoms with Gasteiger partial charge in [0.2, 0.25) is 0 Å². The third kappa shape index (κ3) is 2.81. The Kier molecular flexibility index (Phi) is 4.07. The molecule has 1 atom stereocenters. The topological polar surface area (TPSA) is 53.2 Å². The van der Waals surface area contributed by atoms with Crippen LogP contribution in [0.1, 0.15) is 30.5 Å². The number of aliphatic hydroxyl groups is 1. The minimum absolute atomic E-state index is 0.531. The molecular weight excluding hydrogens is 250 g/mol. The van der Waals surface area contributed by atoms with E-state index < -0.39 is 5.60 Å². The van der Waals surface area contributed by atoms with Gasteiger partial charge in [-0.15, -0.1) is 0 Å². The second-order valence-corrected chi connectivity index (χ2v) is 4.73. The first-order valence-corrected chi connectivity index (χ1v) is 6.54. The summed E-state index contributed by atoms with van der Waals surface area (Å²) in [7, 11) is 0. The highest BCUT2D eigenvalue weighted by Crippen LogP contribution is 2.31. The second-order valence-electron chi connectivity index (χ2n) is 4.73. The van der Waals surface area contributed by atoms with Crippen molar-refractivity contribution in [3.8, 4) is 11.8 Å². The zero-order chi connectivity index (χ0) is 14.6. The second kappa shape index (κ2) is 5.77. The smallest absolute Gasteiger partial charge is 0.119 e. The van der Waals surface area contributed by atoms with Gasteiger partial charge >= 0.3 is 0 Å². The number of nitriles is 1. The SMILES string of the molecule is CCOc1cccc(C(C)(O)c2cccc(C#N)c2)c1. The van der Waals surface area contributed by atoms with Crippen LogP contribution in [0.15, 0.2) is 48.5 Å². The van der Waals surface area contributed by atoms with Crippen molar-refractivity contribution in [2.45, 2.75) is 19.4 Å². The first-order valence-electron chi connectivity index (χ1n) is 6.54. The molecule has 0 radical (unpaired) electrons. The molecule has 1 unspecified atom stereocenters. The zero-order valence-electron chi connectivity index (χ0n) is 11.6. The molecule has 1 N–H and O–H groups in total. The predicted octanol–water partition coefficient (Wildman–Crippen LogP) is 3.21. The van der Waals surface area contributed by atoms with Gasteiger partial charge in [-0.3, -0.25) is 0 Å². The van der Waals surface area contributed by atoms with Gasteiger partial charge in [0.1, 0.15) is 11.4 Å². The Morgan fingerprint density at radius 1 is 1.15 bits per heavy atom. The van der Waals surface area contributed by atoms with E-state index in [1.54, 1.807) is 25.1 Å². The van der Waals surface area contributed by atoms with Crippen molar-refractivity contribution in [1.29, 1.82) is 5.26 Å². The van der Waals surface area contributed by atoms with Crippen LogP contribution >= 0.6 is 0 Å². The molecule has 2 aromatic rings. The maximum absolute atomic E-state index is 10.8. The Balaban J connectivity index is 2.43. The molecule has 0 heterocycles. The average molecular weight is 267 g/mol. The van der Waals surface area contributed by atoms with Crippen LogP contribution in [0.3, 0.4) is 0 Å². The fourth-order valence-electron chi connectivity index (χ4n) is 2.11. The van der Waals surface area contributed by atoms with Crippen LogP contribution in [0.4, 0.5) is 0 Å². The summed E-state index contributed by atoms with van der Waals surface area (Å²) in [5.74, 6) is 0.724. The highest BCUT2D eigenvalue weighted by atomic mass is 16.5. The van der Waals surface area contributed by atoms with Gasteiger partial charge in [-0.25, -0.2) is 0 Å². The molecular formula is C17H17NO2. The van der Waals surface area contributed by atoms with Crippen molar-refractivity contribution in [2.24, 2.45) is 0 Å². The van der Waals surface area contributed by atoms with Crippen LogP contribution < -0.4 is 4.74 Å². The Bertz CT molecular complexity index is 641. The van der Waals surface area contributed by atoms with Crippen molar-refractivity contribution >= 4 is 0 Å². The van der Waals surface area contributed by atoms with Crippen molar-refractivity contribution < 1.29 is 9.84 Å². The van der Waals surface area contributed by atoms with Crippen LogP contribution in [0.25, 0.3) is 0 Å². The predicted molar refractivity (Wildman–Crippen MR) is 77.4 cm³/mol. The molecule has 0 fully saturated rings. The molecule has 0 saturated carbocycles. The third-order valence-electron chi connectivity index (χ3n) is 3.26. The van der Waals surface area contributed by atoms with E-state index in [4.69, 9.17) is 10.00 Å². The Hall–Kier alpha value is -2.31. The molecule has 0 aliphatic rings. The van der Waals surface area contributed by atoms with Crippen LogP contribution in [0.5, 0.6) is 5.75 Å². The molecule has 0 aliphatic carbocycles. The molecule has 2 rings (SSSR count). The quantitative estimate of drug-likeness (QED) is 0.925. The molecule has 0 saturated heterocycles. The van der Waals surface area contributed by atoms with Crippen molar-refractivity contribution in [2.75, 3.05) is 6.61 Å². The molecule has 0 amide bonds. The number of rotatable bonds is 4. The maximum Gasteiger partial charge on any atom is 0.119 e. The van der Waals surface area contributed by atoms with E-state index in [0.29, 0.717) is 17.7 Å². The third-order valence-corrected chi connectivity index (χ3v) is 3.26. The van der Waals surface area contributed by atoms with Gasteiger partial charge in [0.25, 0.3) is 0 Å². The molecule has 20 heavy (non-hydrogen) atoms. The molecule has 2 aromatic carbocycles. The average Bonchev–Trinajstić information content (AvgIpc) is 2.48. The lowest BCUT2D eigenvalue weighted by Gasteiger charge is -2.25. The molecule has 102 valence electrons. The van der Waals surface area contributed by atoms with E-state index in [1.165, 1.54) is 0 Å². The summed E-state index contributed by atoms with van der Waals surface area (Å²) in [6.07, 6.45) is 0. The molecule has 0 spiro atoms. The first-order chi connectivity index (χ1) is 9.57. The molecule has 0 aromatic heterocycles. The number of nitrogens with zero attached hydrogens (tertiary/aromatic N) is 1. The fourth-order valence-corrected chi connectivity index (χ4v) is 2.11.